The smallest absolute Gasteiger partial charge is 0.408 e. The van der Waals surface area contributed by atoms with Crippen LogP contribution in [0.5, 0.6) is 0 Å². The van der Waals surface area contributed by atoms with Crippen molar-refractivity contribution in [2.45, 2.75) is 147 Å². The molecule has 7 unspecified atom stereocenters. The fourth-order valence-electron chi connectivity index (χ4n) is 9.86. The Morgan fingerprint density at radius 3 is 2.55 bits per heavy atom. The van der Waals surface area contributed by atoms with Gasteiger partial charge in [0.05, 0.1) is 33.2 Å². The van der Waals surface area contributed by atoms with Crippen molar-refractivity contribution in [1.29, 1.82) is 0 Å². The van der Waals surface area contributed by atoms with Crippen LogP contribution in [-0.4, -0.2) is 111 Å². The molecule has 4 aliphatic rings. The van der Waals surface area contributed by atoms with Gasteiger partial charge in [0.15, 0.2) is 16.1 Å². The SMILES string of the molecule is COC1CC(C)C(S(=O)ONC(N)=NCCCC(NC(=O)[C@@H]2CCN3CC[C@](CC4CCCCC4)(NC(=O)OC(C)(C)C)CN23)C(=O)c2nc3ccccc3s2)C(C)C1C. The van der Waals surface area contributed by atoms with Crippen molar-refractivity contribution in [2.75, 3.05) is 33.3 Å². The Kier molecular flexibility index (Phi) is 15.7. The number of amides is 2. The predicted molar refractivity (Wildman–Crippen MR) is 235 cm³/mol. The Labute approximate surface area is 362 Å². The van der Waals surface area contributed by atoms with Gasteiger partial charge in [-0.1, -0.05) is 65.0 Å². The molecule has 0 radical (unpaired) electrons. The minimum Gasteiger partial charge on any atom is -0.444 e. The number of aromatic nitrogens is 1. The van der Waals surface area contributed by atoms with Gasteiger partial charge < -0.3 is 25.8 Å². The van der Waals surface area contributed by atoms with Crippen LogP contribution in [0.15, 0.2) is 29.3 Å². The fraction of sp³-hybridized carbons (Fsp3) is 0.744. The van der Waals surface area contributed by atoms with E-state index in [0.717, 1.165) is 42.3 Å². The quantitative estimate of drug-likeness (QED) is 0.0549. The zero-order chi connectivity index (χ0) is 43.2. The molecule has 2 saturated carbocycles. The summed E-state index contributed by atoms with van der Waals surface area (Å²) in [4.78, 5) is 50.9. The molecule has 2 saturated heterocycles. The maximum Gasteiger partial charge on any atom is 0.408 e. The zero-order valence-corrected chi connectivity index (χ0v) is 38.2. The predicted octanol–water partition coefficient (Wildman–Crippen LogP) is 5.87. The van der Waals surface area contributed by atoms with E-state index in [9.17, 15) is 18.6 Å². The number of nitrogens with zero attached hydrogens (tertiary/aromatic N) is 4. The third kappa shape index (κ3) is 11.6. The van der Waals surface area contributed by atoms with Crippen LogP contribution < -0.4 is 21.8 Å². The number of nitrogens with one attached hydrogen (secondary N) is 3. The van der Waals surface area contributed by atoms with Gasteiger partial charge in [0.1, 0.15) is 11.6 Å². The van der Waals surface area contributed by atoms with Gasteiger partial charge in [0, 0.05) is 33.3 Å². The maximum atomic E-state index is 14.4. The molecule has 1 aromatic carbocycles. The molecule has 15 nitrogen and oxygen atoms in total. The summed E-state index contributed by atoms with van der Waals surface area (Å²) in [5.41, 5.74) is 8.25. The number of ketones is 1. The van der Waals surface area contributed by atoms with Crippen molar-refractivity contribution in [3.8, 4) is 0 Å². The molecule has 9 atom stereocenters. The number of alkyl carbamates (subject to hydrolysis) is 1. The topological polar surface area (TPSA) is 190 Å². The minimum absolute atomic E-state index is 0.0202. The lowest BCUT2D eigenvalue weighted by atomic mass is 9.74. The minimum atomic E-state index is -1.66. The Balaban J connectivity index is 1.12. The molecule has 0 bridgehead atoms. The number of methoxy groups -OCH3 is 1. The first-order valence-electron chi connectivity index (χ1n) is 22.0. The standard InChI is InChI=1S/C43H68N8O7S2/c1-27-24-34(56-7)28(2)29(3)37(27)60(55)58-49-40(44)45-21-13-17-32(36(52)39-47-31-16-11-12-18-35(31)59-39)46-38(53)33-19-22-50-23-20-43(26-51(33)50,25-30-14-9-8-10-15-30)48-41(54)57-42(4,5)6/h11-12,16,18,27-30,32-34,37H,8-10,13-15,17,19-26H2,1-7H3,(H,46,53)(H,48,54)(H3,44,45,49)/t27?,28?,29?,32?,33-,34?,37?,43+,60?/m0/s1. The highest BCUT2D eigenvalue weighted by atomic mass is 32.2. The monoisotopic (exact) mass is 872 g/mol. The summed E-state index contributed by atoms with van der Waals surface area (Å²) in [7, 11) is 1.72. The van der Waals surface area contributed by atoms with Gasteiger partial charge in [-0.15, -0.1) is 11.3 Å². The summed E-state index contributed by atoms with van der Waals surface area (Å²) in [6.07, 6.45) is 9.26. The number of carbonyl (C=O) groups excluding carboxylic acids is 3. The number of ether oxygens (including phenoxy) is 2. The summed E-state index contributed by atoms with van der Waals surface area (Å²) >= 11 is -0.349. The molecule has 2 amide bonds. The average molecular weight is 873 g/mol. The van der Waals surface area contributed by atoms with Crippen LogP contribution in [-0.2, 0) is 29.6 Å². The van der Waals surface area contributed by atoms with Gasteiger partial charge in [0.2, 0.25) is 17.6 Å². The van der Waals surface area contributed by atoms with E-state index in [4.69, 9.17) is 19.5 Å². The van der Waals surface area contributed by atoms with Crippen LogP contribution in [0.3, 0.4) is 0 Å². The van der Waals surface area contributed by atoms with E-state index >= 15 is 0 Å². The number of hydrogen-bond acceptors (Lipinski definition) is 12. The largest absolute Gasteiger partial charge is 0.444 e. The molecule has 0 spiro atoms. The van der Waals surface area contributed by atoms with E-state index in [2.05, 4.69) is 56.9 Å². The Morgan fingerprint density at radius 1 is 1.08 bits per heavy atom. The summed E-state index contributed by atoms with van der Waals surface area (Å²) in [6, 6.07) is 6.22. The normalized spacial score (nSPS) is 29.4. The van der Waals surface area contributed by atoms with Crippen molar-refractivity contribution in [3.05, 3.63) is 29.3 Å². The Bertz CT molecular complexity index is 1820. The van der Waals surface area contributed by atoms with Crippen LogP contribution >= 0.6 is 11.3 Å². The van der Waals surface area contributed by atoms with Crippen LogP contribution in [0, 0.1) is 23.7 Å². The number of rotatable bonds is 15. The number of para-hydroxylation sites is 1. The Morgan fingerprint density at radius 2 is 1.83 bits per heavy atom. The molecular weight excluding hydrogens is 805 g/mol. The van der Waals surface area contributed by atoms with E-state index in [1.165, 1.54) is 30.6 Å². The van der Waals surface area contributed by atoms with Crippen molar-refractivity contribution < 1.29 is 32.4 Å². The van der Waals surface area contributed by atoms with Crippen molar-refractivity contribution in [3.63, 3.8) is 0 Å². The lowest BCUT2D eigenvalue weighted by Gasteiger charge is -2.49. The van der Waals surface area contributed by atoms with Crippen molar-refractivity contribution >= 4 is 56.4 Å². The van der Waals surface area contributed by atoms with Gasteiger partial charge in [-0.05, 0) is 95.1 Å². The van der Waals surface area contributed by atoms with Gasteiger partial charge in [-0.3, -0.25) is 14.6 Å². The lowest BCUT2D eigenvalue weighted by Crippen LogP contribution is -2.66. The van der Waals surface area contributed by atoms with Crippen LogP contribution in [0.4, 0.5) is 4.79 Å². The number of hydrogen-bond donors (Lipinski definition) is 4. The van der Waals surface area contributed by atoms with E-state index in [1.54, 1.807) is 7.11 Å². The molecule has 5 N–H and O–H groups in total. The first kappa shape index (κ1) is 46.3. The fourth-order valence-corrected chi connectivity index (χ4v) is 12.2. The van der Waals surface area contributed by atoms with Crippen LogP contribution in [0.25, 0.3) is 10.2 Å². The lowest BCUT2D eigenvalue weighted by molar-refractivity contribution is -0.135. The summed E-state index contributed by atoms with van der Waals surface area (Å²) in [5.74, 6) is 0.438. The van der Waals surface area contributed by atoms with Crippen LogP contribution in [0.1, 0.15) is 122 Å². The summed E-state index contributed by atoms with van der Waals surface area (Å²) < 4.78 is 31.1. The molecule has 60 heavy (non-hydrogen) atoms. The number of benzene rings is 1. The van der Waals surface area contributed by atoms with Crippen molar-refractivity contribution in [1.82, 2.24) is 31.1 Å². The first-order chi connectivity index (χ1) is 28.6. The molecule has 334 valence electrons. The molecular formula is C43H68N8O7S2. The molecule has 2 aromatic rings. The third-order valence-electron chi connectivity index (χ3n) is 13.1. The summed E-state index contributed by atoms with van der Waals surface area (Å²) in [6.45, 7) is 14.0. The number of hydroxylamine groups is 1. The van der Waals surface area contributed by atoms with Gasteiger partial charge >= 0.3 is 6.09 Å². The van der Waals surface area contributed by atoms with E-state index < -0.39 is 40.4 Å². The highest BCUT2D eigenvalue weighted by molar-refractivity contribution is 7.80. The van der Waals surface area contributed by atoms with E-state index in [0.29, 0.717) is 49.8 Å². The molecule has 2 aliphatic heterocycles. The third-order valence-corrected chi connectivity index (χ3v) is 15.7. The van der Waals surface area contributed by atoms with Gasteiger partial charge in [-0.25, -0.2) is 29.5 Å². The number of carbonyl (C=O) groups is 3. The van der Waals surface area contributed by atoms with E-state index in [1.807, 2.05) is 45.0 Å². The number of thiazole rings is 1. The zero-order valence-electron chi connectivity index (χ0n) is 36.6. The molecule has 6 rings (SSSR count). The number of aliphatic imine (C=N–C) groups is 1. The molecule has 17 heteroatoms. The Hall–Kier alpha value is -3.22. The average Bonchev–Trinajstić information content (AvgIpc) is 3.83. The molecule has 4 fully saturated rings. The van der Waals surface area contributed by atoms with Gasteiger partial charge in [-0.2, -0.15) is 4.28 Å². The first-order valence-corrected chi connectivity index (χ1v) is 23.9. The number of nitrogens with two attached hydrogens (primary N) is 1. The highest BCUT2D eigenvalue weighted by Gasteiger charge is 2.49. The second kappa shape index (κ2) is 20.3. The number of guanidine groups is 1. The molecule has 2 aliphatic carbocycles. The second-order valence-corrected chi connectivity index (χ2v) is 20.9. The molecule has 3 heterocycles. The maximum absolute atomic E-state index is 14.4. The number of Topliss-reactive ketones (excluding diaryl/α,β-unsaturated/α-hetero) is 1. The van der Waals surface area contributed by atoms with E-state index in [-0.39, 0.29) is 53.3 Å². The number of fused-ring (bicyclic) bond motifs is 2. The summed E-state index contributed by atoms with van der Waals surface area (Å²) in [5, 5.41) is 10.9. The highest BCUT2D eigenvalue weighted by Crippen LogP contribution is 2.39. The van der Waals surface area contributed by atoms with Crippen molar-refractivity contribution in [2.24, 2.45) is 34.4 Å². The van der Waals surface area contributed by atoms with Gasteiger partial charge in [0.25, 0.3) is 0 Å². The van der Waals surface area contributed by atoms with Crippen LogP contribution in [0.2, 0.25) is 0 Å². The number of hydrazine groups is 1. The second-order valence-electron chi connectivity index (χ2n) is 18.7. The molecule has 1 aromatic heterocycles.